The minimum atomic E-state index is -1.14. The second kappa shape index (κ2) is 17.7. The maximum Gasteiger partial charge on any atom is 0.243 e. The first-order valence-corrected chi connectivity index (χ1v) is 22.4. The summed E-state index contributed by atoms with van der Waals surface area (Å²) in [5, 5.41) is 34.0. The number of phenols is 1. The van der Waals surface area contributed by atoms with Crippen LogP contribution in [0.4, 0.5) is 5.95 Å². The number of likely N-dealkylation sites (tertiary alicyclic amines) is 1. The molecule has 0 spiro atoms. The molecule has 0 unspecified atom stereocenters. The van der Waals surface area contributed by atoms with Gasteiger partial charge in [-0.1, -0.05) is 50.2 Å². The third-order valence-electron chi connectivity index (χ3n) is 11.9. The van der Waals surface area contributed by atoms with Gasteiger partial charge in [0.05, 0.1) is 45.3 Å². The molecule has 2 saturated heterocycles. The van der Waals surface area contributed by atoms with Gasteiger partial charge in [-0.25, -0.2) is 15.0 Å². The van der Waals surface area contributed by atoms with E-state index in [2.05, 4.69) is 37.3 Å². The first-order valence-electron chi connectivity index (χ1n) is 20.7. The number of aryl methyl sites for hydroxylation is 2. The average molecular weight is 872 g/mol. The summed E-state index contributed by atoms with van der Waals surface area (Å²) < 4.78 is 0. The van der Waals surface area contributed by atoms with Crippen molar-refractivity contribution in [1.29, 1.82) is 0 Å². The van der Waals surface area contributed by atoms with Gasteiger partial charge in [0.1, 0.15) is 22.5 Å². The van der Waals surface area contributed by atoms with Gasteiger partial charge in [-0.15, -0.1) is 32.9 Å². The SMILES string of the molecule is Cc1ncsc1-c1ccc([C@H](C)NC(=O)[C@@H]2C[C@@H](O)CN2C(=O)[C@@H](C(=O)C=C(N)c2ccnc(N3CC[C@@H](c4sc5nnc(-c6ccccc6O)cc5c4C)C3)n2)C(C)C)cc1. The second-order valence-corrected chi connectivity index (χ2v) is 18.4. The number of thiophene rings is 1. The van der Waals surface area contributed by atoms with Crippen molar-refractivity contribution in [1.82, 2.24) is 35.4 Å². The molecule has 8 rings (SSSR count). The van der Waals surface area contributed by atoms with Crippen molar-refractivity contribution < 1.29 is 24.6 Å². The van der Waals surface area contributed by atoms with Gasteiger partial charge in [0.15, 0.2) is 5.78 Å². The van der Waals surface area contributed by atoms with Crippen molar-refractivity contribution in [3.05, 3.63) is 106 Å². The van der Waals surface area contributed by atoms with Crippen molar-refractivity contribution >= 4 is 62.1 Å². The number of carbonyl (C=O) groups is 3. The summed E-state index contributed by atoms with van der Waals surface area (Å²) in [6, 6.07) is 17.3. The molecule has 2 fully saturated rings. The van der Waals surface area contributed by atoms with Crippen molar-refractivity contribution in [3.8, 4) is 27.4 Å². The largest absolute Gasteiger partial charge is 0.507 e. The van der Waals surface area contributed by atoms with E-state index in [-0.39, 0.29) is 36.4 Å². The molecule has 62 heavy (non-hydrogen) atoms. The van der Waals surface area contributed by atoms with Crippen LogP contribution >= 0.6 is 22.7 Å². The van der Waals surface area contributed by atoms with Gasteiger partial charge in [-0.3, -0.25) is 14.4 Å². The standard InChI is InChI=1S/C46H49N9O5S2/c1-24(2)40(45(60)55-22-31(56)18-37(55)43(59)50-26(4)28-10-12-29(13-11-28)42-27(5)49-23-61-42)39(58)20-34(47)35-14-16-48-46(51-35)54-17-15-30(21-54)41-25(3)33-19-36(52-53-44(33)62-41)32-8-6-7-9-38(32)57/h6-14,16,19-20,23-24,26,30-31,37,40,56-57H,15,17-18,21-22,47H2,1-5H3,(H,50,59)/t26-,30+,31+,37-,40+/m0/s1. The lowest BCUT2D eigenvalue weighted by molar-refractivity contribution is -0.146. The Labute approximate surface area is 367 Å². The molecule has 5 N–H and O–H groups in total. The Morgan fingerprint density at radius 3 is 2.50 bits per heavy atom. The van der Waals surface area contributed by atoms with E-state index in [4.69, 9.17) is 10.7 Å². The van der Waals surface area contributed by atoms with Crippen LogP contribution < -0.4 is 16.0 Å². The molecule has 2 aliphatic heterocycles. The number of aliphatic hydroxyl groups is 1. The number of benzene rings is 2. The number of anilines is 1. The average Bonchev–Trinajstić information content (AvgIpc) is 4.07. The number of aliphatic hydroxyl groups excluding tert-OH is 1. The molecule has 5 atom stereocenters. The number of ketones is 1. The second-order valence-electron chi connectivity index (χ2n) is 16.5. The van der Waals surface area contributed by atoms with Gasteiger partial charge in [0.2, 0.25) is 17.8 Å². The minimum Gasteiger partial charge on any atom is -0.507 e. The molecule has 2 aliphatic rings. The summed E-state index contributed by atoms with van der Waals surface area (Å²) in [7, 11) is 0. The van der Waals surface area contributed by atoms with Crippen molar-refractivity contribution in [2.24, 2.45) is 17.6 Å². The fourth-order valence-electron chi connectivity index (χ4n) is 8.50. The molecule has 14 nitrogen and oxygen atoms in total. The number of hydrogen-bond acceptors (Lipinski definition) is 14. The van der Waals surface area contributed by atoms with Crippen LogP contribution in [0.2, 0.25) is 0 Å². The van der Waals surface area contributed by atoms with Crippen LogP contribution in [-0.4, -0.2) is 89.6 Å². The van der Waals surface area contributed by atoms with E-state index in [1.807, 2.05) is 61.8 Å². The van der Waals surface area contributed by atoms with E-state index in [1.54, 1.807) is 60.9 Å². The van der Waals surface area contributed by atoms with Crippen LogP contribution in [-0.2, 0) is 14.4 Å². The lowest BCUT2D eigenvalue weighted by Gasteiger charge is -2.29. The van der Waals surface area contributed by atoms with Crippen LogP contribution in [0.15, 0.2) is 78.4 Å². The van der Waals surface area contributed by atoms with E-state index in [1.165, 1.54) is 15.9 Å². The van der Waals surface area contributed by atoms with Crippen LogP contribution in [0.3, 0.4) is 0 Å². The number of fused-ring (bicyclic) bond motifs is 1. The number of nitrogens with one attached hydrogen (secondary N) is 1. The molecular weight excluding hydrogens is 823 g/mol. The van der Waals surface area contributed by atoms with Gasteiger partial charge < -0.3 is 31.1 Å². The molecule has 16 heteroatoms. The fourth-order valence-corrected chi connectivity index (χ4v) is 10.5. The summed E-state index contributed by atoms with van der Waals surface area (Å²) >= 11 is 3.19. The number of carbonyl (C=O) groups excluding carboxylic acids is 3. The highest BCUT2D eigenvalue weighted by molar-refractivity contribution is 7.19. The lowest BCUT2D eigenvalue weighted by atomic mass is 9.89. The third-order valence-corrected chi connectivity index (χ3v) is 14.2. The number of thiazole rings is 1. The molecule has 0 aliphatic carbocycles. The Bertz CT molecular complexity index is 2680. The van der Waals surface area contributed by atoms with Crippen LogP contribution in [0.1, 0.15) is 73.0 Å². The van der Waals surface area contributed by atoms with Gasteiger partial charge in [0.25, 0.3) is 0 Å². The summed E-state index contributed by atoms with van der Waals surface area (Å²) in [6.07, 6.45) is 2.86. The van der Waals surface area contributed by atoms with Crippen LogP contribution in [0.25, 0.3) is 37.6 Å². The molecule has 0 bridgehead atoms. The number of rotatable bonds is 12. The Balaban J connectivity index is 0.932. The first kappa shape index (κ1) is 42.6. The highest BCUT2D eigenvalue weighted by Crippen LogP contribution is 2.41. The molecule has 2 amide bonds. The maximum atomic E-state index is 14.2. The zero-order chi connectivity index (χ0) is 43.8. The maximum absolute atomic E-state index is 14.2. The third kappa shape index (κ3) is 8.54. The Hall–Kier alpha value is -6.10. The number of hydrogen-bond donors (Lipinski definition) is 4. The van der Waals surface area contributed by atoms with E-state index >= 15 is 0 Å². The summed E-state index contributed by atoms with van der Waals surface area (Å²) in [6.45, 7) is 10.8. The minimum absolute atomic E-state index is 0.0586. The lowest BCUT2D eigenvalue weighted by Crippen LogP contribution is -2.50. The van der Waals surface area contributed by atoms with E-state index < -0.39 is 41.6 Å². The number of nitrogens with zero attached hydrogens (tertiary/aromatic N) is 7. The van der Waals surface area contributed by atoms with Gasteiger partial charge in [-0.2, -0.15) is 0 Å². The topological polar surface area (TPSA) is 201 Å². The molecule has 4 aromatic heterocycles. The summed E-state index contributed by atoms with van der Waals surface area (Å²) in [5.41, 5.74) is 14.0. The zero-order valence-corrected chi connectivity index (χ0v) is 36.8. The van der Waals surface area contributed by atoms with Crippen molar-refractivity contribution in [2.45, 2.75) is 71.6 Å². The number of aromatic nitrogens is 5. The van der Waals surface area contributed by atoms with Gasteiger partial charge in [0, 0.05) is 60.1 Å². The number of β-amino-alcohol motifs (C(OH)–C–C–N with tert-alkyl or cyclic N) is 1. The highest BCUT2D eigenvalue weighted by atomic mass is 32.1. The van der Waals surface area contributed by atoms with Gasteiger partial charge in [-0.05, 0) is 74.1 Å². The summed E-state index contributed by atoms with van der Waals surface area (Å²) in [5.74, 6) is -2.18. The zero-order valence-electron chi connectivity index (χ0n) is 35.1. The van der Waals surface area contributed by atoms with Gasteiger partial charge >= 0.3 is 0 Å². The highest BCUT2D eigenvalue weighted by Gasteiger charge is 2.43. The Kier molecular flexibility index (Phi) is 12.2. The van der Waals surface area contributed by atoms with E-state index in [0.29, 0.717) is 36.0 Å². The molecule has 320 valence electrons. The quantitative estimate of drug-likeness (QED) is 0.0763. The summed E-state index contributed by atoms with van der Waals surface area (Å²) in [4.78, 5) is 62.0. The number of para-hydroxylation sites is 1. The Morgan fingerprint density at radius 2 is 1.77 bits per heavy atom. The molecule has 0 saturated carbocycles. The number of amides is 2. The van der Waals surface area contributed by atoms with Crippen molar-refractivity contribution in [3.63, 3.8) is 0 Å². The predicted molar refractivity (Wildman–Crippen MR) is 241 cm³/mol. The number of phenolic OH excluding ortho intramolecular Hbond substituents is 1. The molecule has 2 aromatic carbocycles. The molecule has 0 radical (unpaired) electrons. The predicted octanol–water partition coefficient (Wildman–Crippen LogP) is 6.57. The van der Waals surface area contributed by atoms with Crippen LogP contribution in [0, 0.1) is 25.7 Å². The molecular formula is C46H49N9O5S2. The first-order chi connectivity index (χ1) is 29.8. The van der Waals surface area contributed by atoms with Crippen molar-refractivity contribution in [2.75, 3.05) is 24.5 Å². The number of aromatic hydroxyl groups is 1. The van der Waals surface area contributed by atoms with Crippen LogP contribution in [0.5, 0.6) is 5.75 Å². The number of nitrogens with two attached hydrogens (primary N) is 1. The number of allylic oxidation sites excluding steroid dienone is 1. The molecule has 6 aromatic rings. The normalized spacial score (nSPS) is 19.0. The molecule has 6 heterocycles. The Morgan fingerprint density at radius 1 is 1.00 bits per heavy atom. The smallest absolute Gasteiger partial charge is 0.243 e. The van der Waals surface area contributed by atoms with E-state index in [9.17, 15) is 24.6 Å². The van der Waals surface area contributed by atoms with E-state index in [0.717, 1.165) is 43.9 Å². The monoisotopic (exact) mass is 871 g/mol. The fraction of sp³-hybridized carbons (Fsp3) is 0.348.